The van der Waals surface area contributed by atoms with Gasteiger partial charge < -0.3 is 15.0 Å². The van der Waals surface area contributed by atoms with Crippen molar-refractivity contribution in [1.82, 2.24) is 10.2 Å². The van der Waals surface area contributed by atoms with Crippen molar-refractivity contribution in [2.45, 2.75) is 43.9 Å². The first-order valence-corrected chi connectivity index (χ1v) is 11.6. The van der Waals surface area contributed by atoms with E-state index in [0.717, 1.165) is 25.6 Å². The van der Waals surface area contributed by atoms with Crippen LogP contribution in [0.25, 0.3) is 0 Å². The van der Waals surface area contributed by atoms with Crippen molar-refractivity contribution in [3.05, 3.63) is 71.0 Å². The van der Waals surface area contributed by atoms with E-state index in [-0.39, 0.29) is 35.8 Å². The molecule has 8 heteroatoms. The molecule has 0 unspecified atom stereocenters. The van der Waals surface area contributed by atoms with Gasteiger partial charge in [-0.05, 0) is 55.3 Å². The van der Waals surface area contributed by atoms with Crippen molar-refractivity contribution in [3.8, 4) is 0 Å². The van der Waals surface area contributed by atoms with Crippen LogP contribution in [0.2, 0.25) is 0 Å². The quantitative estimate of drug-likeness (QED) is 0.634. The maximum absolute atomic E-state index is 14.4. The van der Waals surface area contributed by atoms with Gasteiger partial charge in [-0.1, -0.05) is 42.5 Å². The molecule has 2 atom stereocenters. The Morgan fingerprint density at radius 2 is 1.74 bits per heavy atom. The molecule has 0 bridgehead atoms. The maximum atomic E-state index is 14.4. The number of piperidine rings is 2. The molecule has 34 heavy (non-hydrogen) atoms. The number of ether oxygens (including phenoxy) is 1. The normalized spacial score (nSPS) is 22.4. The Morgan fingerprint density at radius 1 is 1.06 bits per heavy atom. The summed E-state index contributed by atoms with van der Waals surface area (Å²) >= 11 is 0. The zero-order valence-electron chi connectivity index (χ0n) is 19.4. The van der Waals surface area contributed by atoms with E-state index in [1.54, 1.807) is 19.1 Å². The van der Waals surface area contributed by atoms with Gasteiger partial charge >= 0.3 is 6.18 Å². The number of likely N-dealkylation sites (tertiary alicyclic amines) is 1. The van der Waals surface area contributed by atoms with Gasteiger partial charge in [0.15, 0.2) is 0 Å². The van der Waals surface area contributed by atoms with E-state index >= 15 is 0 Å². The lowest BCUT2D eigenvalue weighted by Gasteiger charge is -2.51. The molecule has 0 aromatic heterocycles. The highest BCUT2D eigenvalue weighted by molar-refractivity contribution is 5.88. The first-order valence-electron chi connectivity index (χ1n) is 11.6. The first-order chi connectivity index (χ1) is 16.2. The molecule has 2 saturated heterocycles. The van der Waals surface area contributed by atoms with Crippen molar-refractivity contribution in [2.75, 3.05) is 33.3 Å². The standard InChI is InChI=1S/C26H30F4N2O2/c1-18-20(9-6-10-22(18)27)21-17-31-14-11-24(21)12-15-32(16-13-24)23(33)25(34-2,26(28,29)30)19-7-4-3-5-8-19/h3-10,21,31H,11-17H2,1-2H3/t21-,25+/m0/s1. The van der Waals surface area contributed by atoms with Crippen molar-refractivity contribution in [2.24, 2.45) is 5.41 Å². The van der Waals surface area contributed by atoms with Gasteiger partial charge in [-0.25, -0.2) is 4.39 Å². The molecular formula is C26H30F4N2O2. The van der Waals surface area contributed by atoms with Gasteiger partial charge in [0.05, 0.1) is 0 Å². The zero-order chi connectivity index (χ0) is 24.6. The lowest BCUT2D eigenvalue weighted by atomic mass is 9.62. The molecule has 184 valence electrons. The lowest BCUT2D eigenvalue weighted by molar-refractivity contribution is -0.271. The molecule has 0 radical (unpaired) electrons. The summed E-state index contributed by atoms with van der Waals surface area (Å²) < 4.78 is 62.4. The first kappa shape index (κ1) is 24.7. The topological polar surface area (TPSA) is 41.6 Å². The van der Waals surface area contributed by atoms with Crippen LogP contribution in [0.3, 0.4) is 0 Å². The molecule has 4 rings (SSSR count). The summed E-state index contributed by atoms with van der Waals surface area (Å²) in [5, 5.41) is 3.39. The lowest BCUT2D eigenvalue weighted by Crippen LogP contribution is -2.59. The van der Waals surface area contributed by atoms with Gasteiger partial charge in [-0.3, -0.25) is 4.79 Å². The molecule has 0 aliphatic carbocycles. The third-order valence-corrected chi connectivity index (χ3v) is 7.81. The van der Waals surface area contributed by atoms with Gasteiger partial charge in [0.1, 0.15) is 5.82 Å². The van der Waals surface area contributed by atoms with Crippen LogP contribution in [0.1, 0.15) is 41.9 Å². The van der Waals surface area contributed by atoms with Crippen molar-refractivity contribution < 1.29 is 27.1 Å². The number of methoxy groups -OCH3 is 1. The molecule has 2 fully saturated rings. The van der Waals surface area contributed by atoms with E-state index in [1.165, 1.54) is 35.2 Å². The van der Waals surface area contributed by atoms with Gasteiger partial charge in [-0.15, -0.1) is 0 Å². The summed E-state index contributed by atoms with van der Waals surface area (Å²) in [6.45, 7) is 3.61. The highest BCUT2D eigenvalue weighted by Crippen LogP contribution is 2.50. The van der Waals surface area contributed by atoms with Crippen molar-refractivity contribution in [1.29, 1.82) is 0 Å². The van der Waals surface area contributed by atoms with Gasteiger partial charge in [0, 0.05) is 38.2 Å². The molecule has 2 aliphatic rings. The SMILES string of the molecule is CO[C@@](C(=O)N1CCC2(CCNC[C@H]2c2cccc(F)c2C)CC1)(c1ccccc1)C(F)(F)F. The number of hydrogen-bond donors (Lipinski definition) is 1. The van der Waals surface area contributed by atoms with Crippen LogP contribution in [0, 0.1) is 18.2 Å². The monoisotopic (exact) mass is 478 g/mol. The number of benzene rings is 2. The zero-order valence-corrected chi connectivity index (χ0v) is 19.4. The van der Waals surface area contributed by atoms with Gasteiger partial charge in [0.25, 0.3) is 11.5 Å². The molecule has 2 aromatic rings. The summed E-state index contributed by atoms with van der Waals surface area (Å²) in [5.41, 5.74) is -1.95. The third kappa shape index (κ3) is 4.01. The molecule has 1 spiro atoms. The van der Waals surface area contributed by atoms with E-state index in [2.05, 4.69) is 5.32 Å². The number of nitrogens with zero attached hydrogens (tertiary/aromatic N) is 1. The number of halogens is 4. The molecule has 0 saturated carbocycles. The third-order valence-electron chi connectivity index (χ3n) is 7.81. The fourth-order valence-corrected chi connectivity index (χ4v) is 5.79. The fourth-order valence-electron chi connectivity index (χ4n) is 5.79. The van der Waals surface area contributed by atoms with E-state index in [0.29, 0.717) is 24.9 Å². The number of carbonyl (C=O) groups excluding carboxylic acids is 1. The summed E-state index contributed by atoms with van der Waals surface area (Å²) in [6.07, 6.45) is -3.00. The van der Waals surface area contributed by atoms with E-state index in [1.807, 2.05) is 6.07 Å². The average Bonchev–Trinajstić information content (AvgIpc) is 2.82. The molecule has 4 nitrogen and oxygen atoms in total. The fraction of sp³-hybridized carbons (Fsp3) is 0.500. The Bertz CT molecular complexity index is 1020. The maximum Gasteiger partial charge on any atom is 0.430 e. The Morgan fingerprint density at radius 3 is 2.35 bits per heavy atom. The summed E-state index contributed by atoms with van der Waals surface area (Å²) in [6, 6.07) is 12.2. The van der Waals surface area contributed by atoms with Crippen molar-refractivity contribution in [3.63, 3.8) is 0 Å². The highest BCUT2D eigenvalue weighted by Gasteiger charge is 2.64. The van der Waals surface area contributed by atoms with Crippen LogP contribution in [-0.4, -0.2) is 50.3 Å². The van der Waals surface area contributed by atoms with E-state index in [9.17, 15) is 22.4 Å². The van der Waals surface area contributed by atoms with Crippen LogP contribution in [0.4, 0.5) is 17.6 Å². The molecule has 1 amide bonds. The molecular weight excluding hydrogens is 448 g/mol. The Kier molecular flexibility index (Phi) is 6.75. The minimum atomic E-state index is -4.93. The largest absolute Gasteiger partial charge is 0.430 e. The molecule has 1 N–H and O–H groups in total. The highest BCUT2D eigenvalue weighted by atomic mass is 19.4. The van der Waals surface area contributed by atoms with Gasteiger partial charge in [-0.2, -0.15) is 13.2 Å². The Hall–Kier alpha value is -2.45. The number of rotatable bonds is 4. The number of carbonyl (C=O) groups is 1. The molecule has 2 aliphatic heterocycles. The molecule has 2 heterocycles. The van der Waals surface area contributed by atoms with Crippen LogP contribution in [0.15, 0.2) is 48.5 Å². The predicted octanol–water partition coefficient (Wildman–Crippen LogP) is 4.92. The second kappa shape index (κ2) is 9.30. The number of hydrogen-bond acceptors (Lipinski definition) is 3. The van der Waals surface area contributed by atoms with Crippen molar-refractivity contribution >= 4 is 5.91 Å². The van der Waals surface area contributed by atoms with Crippen LogP contribution in [0.5, 0.6) is 0 Å². The van der Waals surface area contributed by atoms with Gasteiger partial charge in [0.2, 0.25) is 0 Å². The van der Waals surface area contributed by atoms with Crippen LogP contribution in [-0.2, 0) is 15.1 Å². The van der Waals surface area contributed by atoms with Crippen LogP contribution < -0.4 is 5.32 Å². The smallest absolute Gasteiger partial charge is 0.356 e. The van der Waals surface area contributed by atoms with E-state index in [4.69, 9.17) is 4.74 Å². The van der Waals surface area contributed by atoms with E-state index < -0.39 is 17.7 Å². The second-order valence-electron chi connectivity index (χ2n) is 9.36. The summed E-state index contributed by atoms with van der Waals surface area (Å²) in [7, 11) is 0.930. The average molecular weight is 479 g/mol. The molecule has 2 aromatic carbocycles. The number of amides is 1. The minimum Gasteiger partial charge on any atom is -0.356 e. The van der Waals surface area contributed by atoms with Crippen LogP contribution >= 0.6 is 0 Å². The summed E-state index contributed by atoms with van der Waals surface area (Å²) in [5.74, 6) is -1.32. The minimum absolute atomic E-state index is 0.0260. The Balaban J connectivity index is 1.62. The summed E-state index contributed by atoms with van der Waals surface area (Å²) in [4.78, 5) is 14.7. The number of alkyl halides is 3. The predicted molar refractivity (Wildman–Crippen MR) is 121 cm³/mol. The number of nitrogens with one attached hydrogen (secondary N) is 1. The second-order valence-corrected chi connectivity index (χ2v) is 9.36. The Labute approximate surface area is 197 Å².